The molecule has 0 atom stereocenters. The van der Waals surface area contributed by atoms with Crippen molar-refractivity contribution in [3.05, 3.63) is 59.2 Å². The van der Waals surface area contributed by atoms with Crippen molar-refractivity contribution in [3.63, 3.8) is 0 Å². The lowest BCUT2D eigenvalue weighted by Crippen LogP contribution is -2.37. The van der Waals surface area contributed by atoms with E-state index < -0.39 is 5.97 Å². The molecule has 2 aromatic carbocycles. The molecule has 0 fully saturated rings. The predicted octanol–water partition coefficient (Wildman–Crippen LogP) is 5.35. The standard InChI is InChI=1S/C27H36N2O4/c1-20(2)26(30)29-16-10-6-4-5-9-15-28(18-22-11-7-8-12-25(22)33-3)19-23-17-21(27(31)32)13-14-24(23)29/h7-8,11-14,17,20H,4-6,9-10,15-16,18-19H2,1-3H3,(H,31,32). The maximum absolute atomic E-state index is 13.1. The Kier molecular flexibility index (Phi) is 8.89. The summed E-state index contributed by atoms with van der Waals surface area (Å²) in [7, 11) is 1.68. The Morgan fingerprint density at radius 1 is 1.00 bits per heavy atom. The molecule has 1 N–H and O–H groups in total. The smallest absolute Gasteiger partial charge is 0.335 e. The molecule has 0 unspecified atom stereocenters. The molecule has 0 aromatic heterocycles. The van der Waals surface area contributed by atoms with E-state index in [4.69, 9.17) is 4.74 Å². The molecule has 1 aliphatic heterocycles. The molecule has 6 nitrogen and oxygen atoms in total. The molecule has 1 aliphatic rings. The highest BCUT2D eigenvalue weighted by Gasteiger charge is 2.24. The predicted molar refractivity (Wildman–Crippen MR) is 131 cm³/mol. The van der Waals surface area contributed by atoms with Gasteiger partial charge in [-0.3, -0.25) is 9.69 Å². The van der Waals surface area contributed by atoms with Crippen LogP contribution in [0.5, 0.6) is 5.75 Å². The molecule has 1 heterocycles. The molecular weight excluding hydrogens is 416 g/mol. The number of hydrogen-bond acceptors (Lipinski definition) is 4. The summed E-state index contributed by atoms with van der Waals surface area (Å²) in [6, 6.07) is 13.2. The molecule has 0 saturated carbocycles. The van der Waals surface area contributed by atoms with Crippen molar-refractivity contribution in [2.24, 2.45) is 5.92 Å². The number of ether oxygens (including phenoxy) is 1. The topological polar surface area (TPSA) is 70.1 Å². The van der Waals surface area contributed by atoms with Gasteiger partial charge >= 0.3 is 5.97 Å². The van der Waals surface area contributed by atoms with Crippen molar-refractivity contribution in [2.75, 3.05) is 25.1 Å². The summed E-state index contributed by atoms with van der Waals surface area (Å²) in [5.41, 5.74) is 3.04. The molecule has 0 saturated heterocycles. The quantitative estimate of drug-likeness (QED) is 0.662. The second kappa shape index (κ2) is 11.8. The van der Waals surface area contributed by atoms with Crippen molar-refractivity contribution in [1.82, 2.24) is 4.90 Å². The minimum atomic E-state index is -0.957. The number of anilines is 1. The minimum absolute atomic E-state index is 0.0765. The van der Waals surface area contributed by atoms with Gasteiger partial charge in [0.25, 0.3) is 0 Å². The van der Waals surface area contributed by atoms with E-state index in [2.05, 4.69) is 11.0 Å². The Balaban J connectivity index is 2.02. The second-order valence-corrected chi connectivity index (χ2v) is 9.08. The third-order valence-electron chi connectivity index (χ3n) is 6.21. The summed E-state index contributed by atoms with van der Waals surface area (Å²) < 4.78 is 5.56. The number of carboxylic acid groups (broad SMARTS) is 1. The molecule has 6 heteroatoms. The summed E-state index contributed by atoms with van der Waals surface area (Å²) in [5, 5.41) is 9.62. The van der Waals surface area contributed by atoms with E-state index in [-0.39, 0.29) is 17.4 Å². The number of aromatic carboxylic acids is 1. The number of nitrogens with zero attached hydrogens (tertiary/aromatic N) is 2. The number of methoxy groups -OCH3 is 1. The molecular formula is C27H36N2O4. The molecule has 0 radical (unpaired) electrons. The summed E-state index contributed by atoms with van der Waals surface area (Å²) >= 11 is 0. The van der Waals surface area contributed by atoms with Gasteiger partial charge in [-0.2, -0.15) is 0 Å². The van der Waals surface area contributed by atoms with Crippen LogP contribution in [-0.2, 0) is 17.9 Å². The molecule has 0 aliphatic carbocycles. The Morgan fingerprint density at radius 3 is 2.39 bits per heavy atom. The van der Waals surface area contributed by atoms with Crippen molar-refractivity contribution in [3.8, 4) is 5.75 Å². The fraction of sp³-hybridized carbons (Fsp3) is 0.481. The van der Waals surface area contributed by atoms with Crippen LogP contribution in [0.15, 0.2) is 42.5 Å². The number of hydrogen-bond donors (Lipinski definition) is 1. The van der Waals surface area contributed by atoms with E-state index in [9.17, 15) is 14.7 Å². The molecule has 0 bridgehead atoms. The fourth-order valence-corrected chi connectivity index (χ4v) is 4.43. The summed E-state index contributed by atoms with van der Waals surface area (Å²) in [5.74, 6) is -0.163. The van der Waals surface area contributed by atoms with Gasteiger partial charge in [-0.1, -0.05) is 51.3 Å². The van der Waals surface area contributed by atoms with E-state index in [1.807, 2.05) is 43.0 Å². The van der Waals surface area contributed by atoms with Crippen LogP contribution < -0.4 is 9.64 Å². The first-order chi connectivity index (χ1) is 15.9. The van der Waals surface area contributed by atoms with Gasteiger partial charge in [0.2, 0.25) is 5.91 Å². The van der Waals surface area contributed by atoms with E-state index in [1.165, 1.54) is 0 Å². The van der Waals surface area contributed by atoms with Crippen LogP contribution >= 0.6 is 0 Å². The van der Waals surface area contributed by atoms with Crippen molar-refractivity contribution >= 4 is 17.6 Å². The Bertz CT molecular complexity index is 957. The lowest BCUT2D eigenvalue weighted by molar-refractivity contribution is -0.121. The van der Waals surface area contributed by atoms with Gasteiger partial charge in [0.05, 0.1) is 12.7 Å². The third-order valence-corrected chi connectivity index (χ3v) is 6.21. The number of fused-ring (bicyclic) bond motifs is 1. The summed E-state index contributed by atoms with van der Waals surface area (Å²) in [4.78, 5) is 29.1. The van der Waals surface area contributed by atoms with Crippen LogP contribution in [0.4, 0.5) is 5.69 Å². The number of carbonyl (C=O) groups is 2. The Morgan fingerprint density at radius 2 is 1.70 bits per heavy atom. The summed E-state index contributed by atoms with van der Waals surface area (Å²) in [6.45, 7) is 6.64. The largest absolute Gasteiger partial charge is 0.496 e. The number of amides is 1. The Hall–Kier alpha value is -2.86. The minimum Gasteiger partial charge on any atom is -0.496 e. The molecule has 1 amide bonds. The third kappa shape index (κ3) is 6.57. The van der Waals surface area contributed by atoms with Gasteiger partial charge in [-0.15, -0.1) is 0 Å². The van der Waals surface area contributed by atoms with Crippen LogP contribution in [0.1, 0.15) is 67.4 Å². The van der Waals surface area contributed by atoms with Gasteiger partial charge < -0.3 is 14.7 Å². The van der Waals surface area contributed by atoms with Crippen LogP contribution in [0.3, 0.4) is 0 Å². The SMILES string of the molecule is COc1ccccc1CN1CCCCCCCN(C(=O)C(C)C)c2ccc(C(=O)O)cc2C1. The second-order valence-electron chi connectivity index (χ2n) is 9.08. The van der Waals surface area contributed by atoms with Gasteiger partial charge in [0, 0.05) is 36.8 Å². The number of carbonyl (C=O) groups excluding carboxylic acids is 1. The molecule has 0 spiro atoms. The number of para-hydroxylation sites is 1. The van der Waals surface area contributed by atoms with Crippen LogP contribution in [0.2, 0.25) is 0 Å². The summed E-state index contributed by atoms with van der Waals surface area (Å²) in [6.07, 6.45) is 5.40. The van der Waals surface area contributed by atoms with E-state index >= 15 is 0 Å². The van der Waals surface area contributed by atoms with Crippen molar-refractivity contribution < 1.29 is 19.4 Å². The molecule has 3 rings (SSSR count). The Labute approximate surface area is 197 Å². The van der Waals surface area contributed by atoms with E-state index in [0.29, 0.717) is 19.6 Å². The molecule has 33 heavy (non-hydrogen) atoms. The van der Waals surface area contributed by atoms with E-state index in [1.54, 1.807) is 19.2 Å². The maximum Gasteiger partial charge on any atom is 0.335 e. The zero-order valence-electron chi connectivity index (χ0n) is 20.0. The first-order valence-electron chi connectivity index (χ1n) is 11.9. The first-order valence-corrected chi connectivity index (χ1v) is 11.9. The van der Waals surface area contributed by atoms with Gasteiger partial charge in [0.1, 0.15) is 5.75 Å². The highest BCUT2D eigenvalue weighted by Crippen LogP contribution is 2.28. The van der Waals surface area contributed by atoms with Crippen LogP contribution in [0, 0.1) is 5.92 Å². The normalized spacial score (nSPS) is 15.9. The fourth-order valence-electron chi connectivity index (χ4n) is 4.43. The molecule has 178 valence electrons. The number of carboxylic acids is 1. The average Bonchev–Trinajstić information content (AvgIpc) is 2.80. The highest BCUT2D eigenvalue weighted by molar-refractivity contribution is 5.96. The lowest BCUT2D eigenvalue weighted by atomic mass is 10.0. The number of benzene rings is 2. The van der Waals surface area contributed by atoms with Crippen LogP contribution in [-0.4, -0.2) is 42.1 Å². The van der Waals surface area contributed by atoms with Crippen molar-refractivity contribution in [1.29, 1.82) is 0 Å². The first kappa shape index (κ1) is 24.8. The maximum atomic E-state index is 13.1. The monoisotopic (exact) mass is 452 g/mol. The number of rotatable bonds is 5. The van der Waals surface area contributed by atoms with E-state index in [0.717, 1.165) is 61.2 Å². The van der Waals surface area contributed by atoms with Gasteiger partial charge in [-0.05, 0) is 49.2 Å². The average molecular weight is 453 g/mol. The molecule has 2 aromatic rings. The van der Waals surface area contributed by atoms with Crippen LogP contribution in [0.25, 0.3) is 0 Å². The zero-order valence-corrected chi connectivity index (χ0v) is 20.0. The van der Waals surface area contributed by atoms with Gasteiger partial charge in [0.15, 0.2) is 0 Å². The van der Waals surface area contributed by atoms with Gasteiger partial charge in [-0.25, -0.2) is 4.79 Å². The van der Waals surface area contributed by atoms with Crippen molar-refractivity contribution in [2.45, 2.75) is 59.0 Å². The lowest BCUT2D eigenvalue weighted by Gasteiger charge is -2.30. The zero-order chi connectivity index (χ0) is 23.8. The highest BCUT2D eigenvalue weighted by atomic mass is 16.5.